The van der Waals surface area contributed by atoms with Gasteiger partial charge >= 0.3 is 0 Å². The second-order valence-electron chi connectivity index (χ2n) is 6.43. The number of hydrogen-bond acceptors (Lipinski definition) is 3. The van der Waals surface area contributed by atoms with Crippen molar-refractivity contribution in [2.75, 3.05) is 6.61 Å². The third-order valence-corrected chi connectivity index (χ3v) is 4.33. The Hall–Kier alpha value is -2.33. The molecule has 0 bridgehead atoms. The van der Waals surface area contributed by atoms with Gasteiger partial charge < -0.3 is 14.4 Å². The van der Waals surface area contributed by atoms with Crippen LogP contribution in [0.3, 0.4) is 0 Å². The second kappa shape index (κ2) is 8.17. The van der Waals surface area contributed by atoms with Gasteiger partial charge in [0.25, 0.3) is 0 Å². The molecule has 0 amide bonds. The standard InChI is InChI=1S/C21H26N2O2/c1-3-8-20(24)21-22-18-11-4-5-12-19(18)23(21)13-7-14-25-17-10-6-9-16(2)15-17/h4-6,9-12,15,20,24H,3,7-8,13-14H2,1-2H3. The van der Waals surface area contributed by atoms with Gasteiger partial charge in [0, 0.05) is 6.54 Å². The Bertz CT molecular complexity index is 826. The Morgan fingerprint density at radius 3 is 2.80 bits per heavy atom. The predicted octanol–water partition coefficient (Wildman–Crippen LogP) is 4.65. The summed E-state index contributed by atoms with van der Waals surface area (Å²) in [5, 5.41) is 10.5. The van der Waals surface area contributed by atoms with Crippen molar-refractivity contribution >= 4 is 11.0 Å². The molecule has 4 heteroatoms. The van der Waals surface area contributed by atoms with Crippen molar-refractivity contribution in [3.8, 4) is 5.75 Å². The average molecular weight is 338 g/mol. The van der Waals surface area contributed by atoms with E-state index in [0.717, 1.165) is 48.4 Å². The van der Waals surface area contributed by atoms with Crippen molar-refractivity contribution in [1.82, 2.24) is 9.55 Å². The van der Waals surface area contributed by atoms with Crippen molar-refractivity contribution in [3.05, 3.63) is 59.9 Å². The van der Waals surface area contributed by atoms with Crippen LogP contribution in [0.4, 0.5) is 0 Å². The molecule has 0 spiro atoms. The minimum atomic E-state index is -0.518. The minimum Gasteiger partial charge on any atom is -0.494 e. The molecule has 3 aromatic rings. The lowest BCUT2D eigenvalue weighted by Gasteiger charge is -2.14. The van der Waals surface area contributed by atoms with Gasteiger partial charge in [-0.2, -0.15) is 0 Å². The number of aromatic nitrogens is 2. The molecule has 4 nitrogen and oxygen atoms in total. The first kappa shape index (κ1) is 17.5. The molecule has 25 heavy (non-hydrogen) atoms. The Morgan fingerprint density at radius 2 is 2.00 bits per heavy atom. The van der Waals surface area contributed by atoms with Crippen molar-refractivity contribution in [2.24, 2.45) is 0 Å². The number of hydrogen-bond donors (Lipinski definition) is 1. The molecule has 2 aromatic carbocycles. The van der Waals surface area contributed by atoms with Gasteiger partial charge in [-0.05, 0) is 49.6 Å². The van der Waals surface area contributed by atoms with Crippen molar-refractivity contribution in [1.29, 1.82) is 0 Å². The number of ether oxygens (including phenoxy) is 1. The number of fused-ring (bicyclic) bond motifs is 1. The summed E-state index contributed by atoms with van der Waals surface area (Å²) in [6.07, 6.45) is 2.00. The SMILES string of the molecule is CCCC(O)c1nc2ccccc2n1CCCOc1cccc(C)c1. The lowest BCUT2D eigenvalue weighted by atomic mass is 10.2. The van der Waals surface area contributed by atoms with E-state index >= 15 is 0 Å². The molecule has 1 unspecified atom stereocenters. The molecule has 3 rings (SSSR count). The van der Waals surface area contributed by atoms with Crippen LogP contribution >= 0.6 is 0 Å². The number of nitrogens with zero attached hydrogens (tertiary/aromatic N) is 2. The Balaban J connectivity index is 1.70. The summed E-state index contributed by atoms with van der Waals surface area (Å²) in [6, 6.07) is 16.2. The van der Waals surface area contributed by atoms with Crippen LogP contribution in [0.5, 0.6) is 5.75 Å². The minimum absolute atomic E-state index is 0.518. The lowest BCUT2D eigenvalue weighted by molar-refractivity contribution is 0.152. The van der Waals surface area contributed by atoms with E-state index in [4.69, 9.17) is 4.74 Å². The van der Waals surface area contributed by atoms with Gasteiger partial charge in [0.15, 0.2) is 0 Å². The summed E-state index contributed by atoms with van der Waals surface area (Å²) in [7, 11) is 0. The lowest BCUT2D eigenvalue weighted by Crippen LogP contribution is -2.11. The third-order valence-electron chi connectivity index (χ3n) is 4.33. The number of benzene rings is 2. The van der Waals surface area contributed by atoms with Crippen molar-refractivity contribution in [2.45, 2.75) is 45.8 Å². The van der Waals surface area contributed by atoms with Crippen LogP contribution in [0.2, 0.25) is 0 Å². The van der Waals surface area contributed by atoms with E-state index in [0.29, 0.717) is 6.61 Å². The average Bonchev–Trinajstić information content (AvgIpc) is 2.98. The fourth-order valence-corrected chi connectivity index (χ4v) is 3.10. The predicted molar refractivity (Wildman–Crippen MR) is 101 cm³/mol. The van der Waals surface area contributed by atoms with Crippen LogP contribution < -0.4 is 4.74 Å². The maximum absolute atomic E-state index is 10.5. The highest BCUT2D eigenvalue weighted by atomic mass is 16.5. The molecule has 1 atom stereocenters. The molecule has 132 valence electrons. The molecule has 0 aliphatic heterocycles. The van der Waals surface area contributed by atoms with Gasteiger partial charge in [-0.25, -0.2) is 4.98 Å². The van der Waals surface area contributed by atoms with Gasteiger partial charge in [0.1, 0.15) is 17.7 Å². The highest BCUT2D eigenvalue weighted by molar-refractivity contribution is 5.76. The van der Waals surface area contributed by atoms with E-state index in [1.807, 2.05) is 36.4 Å². The van der Waals surface area contributed by atoms with Crippen molar-refractivity contribution in [3.63, 3.8) is 0 Å². The second-order valence-corrected chi connectivity index (χ2v) is 6.43. The number of aliphatic hydroxyl groups excluding tert-OH is 1. The smallest absolute Gasteiger partial charge is 0.138 e. The van der Waals surface area contributed by atoms with Crippen LogP contribution in [0, 0.1) is 6.92 Å². The summed E-state index contributed by atoms with van der Waals surface area (Å²) >= 11 is 0. The topological polar surface area (TPSA) is 47.3 Å². The van der Waals surface area contributed by atoms with E-state index < -0.39 is 6.10 Å². The molecule has 0 aliphatic carbocycles. The highest BCUT2D eigenvalue weighted by Gasteiger charge is 2.17. The van der Waals surface area contributed by atoms with E-state index in [1.165, 1.54) is 5.56 Å². The first-order valence-corrected chi connectivity index (χ1v) is 9.01. The molecule has 0 saturated heterocycles. The van der Waals surface area contributed by atoms with Crippen LogP contribution in [0.15, 0.2) is 48.5 Å². The van der Waals surface area contributed by atoms with Gasteiger partial charge in [-0.15, -0.1) is 0 Å². The molecule has 0 aliphatic rings. The largest absolute Gasteiger partial charge is 0.494 e. The molecule has 1 N–H and O–H groups in total. The summed E-state index contributed by atoms with van der Waals surface area (Å²) in [4.78, 5) is 4.65. The third kappa shape index (κ3) is 4.20. The number of imidazole rings is 1. The first-order valence-electron chi connectivity index (χ1n) is 9.01. The zero-order valence-electron chi connectivity index (χ0n) is 15.0. The highest BCUT2D eigenvalue weighted by Crippen LogP contribution is 2.24. The Labute approximate surface area is 149 Å². The van der Waals surface area contributed by atoms with Crippen LogP contribution in [-0.2, 0) is 6.54 Å². The number of para-hydroxylation sites is 2. The summed E-state index contributed by atoms with van der Waals surface area (Å²) in [6.45, 7) is 5.56. The van der Waals surface area contributed by atoms with E-state index in [2.05, 4.69) is 35.5 Å². The maximum Gasteiger partial charge on any atom is 0.138 e. The number of aliphatic hydroxyl groups is 1. The molecular formula is C21H26N2O2. The quantitative estimate of drug-likeness (QED) is 0.608. The Morgan fingerprint density at radius 1 is 1.16 bits per heavy atom. The molecule has 1 heterocycles. The number of rotatable bonds is 8. The zero-order chi connectivity index (χ0) is 17.6. The monoisotopic (exact) mass is 338 g/mol. The van der Waals surface area contributed by atoms with E-state index in [-0.39, 0.29) is 0 Å². The van der Waals surface area contributed by atoms with Crippen molar-refractivity contribution < 1.29 is 9.84 Å². The van der Waals surface area contributed by atoms with Gasteiger partial charge in [-0.3, -0.25) is 0 Å². The zero-order valence-corrected chi connectivity index (χ0v) is 15.0. The summed E-state index contributed by atoms with van der Waals surface area (Å²) in [5.41, 5.74) is 3.21. The van der Waals surface area contributed by atoms with Crippen LogP contribution in [0.25, 0.3) is 11.0 Å². The molecular weight excluding hydrogens is 312 g/mol. The Kier molecular flexibility index (Phi) is 5.71. The van der Waals surface area contributed by atoms with Gasteiger partial charge in [0.2, 0.25) is 0 Å². The number of aryl methyl sites for hydroxylation is 2. The fourth-order valence-electron chi connectivity index (χ4n) is 3.10. The summed E-state index contributed by atoms with van der Waals surface area (Å²) in [5.74, 6) is 1.67. The van der Waals surface area contributed by atoms with Gasteiger partial charge in [0.05, 0.1) is 17.6 Å². The van der Waals surface area contributed by atoms with E-state index in [1.54, 1.807) is 0 Å². The molecule has 1 aromatic heterocycles. The molecule has 0 radical (unpaired) electrons. The molecule has 0 saturated carbocycles. The normalized spacial score (nSPS) is 12.4. The first-order chi connectivity index (χ1) is 12.2. The van der Waals surface area contributed by atoms with Crippen LogP contribution in [0.1, 0.15) is 43.7 Å². The summed E-state index contributed by atoms with van der Waals surface area (Å²) < 4.78 is 7.98. The van der Waals surface area contributed by atoms with Gasteiger partial charge in [-0.1, -0.05) is 37.6 Å². The van der Waals surface area contributed by atoms with E-state index in [9.17, 15) is 5.11 Å². The van der Waals surface area contributed by atoms with Crippen LogP contribution in [-0.4, -0.2) is 21.3 Å². The fraction of sp³-hybridized carbons (Fsp3) is 0.381. The maximum atomic E-state index is 10.5. The molecule has 0 fully saturated rings.